The number of rotatable bonds is 4. The minimum absolute atomic E-state index is 0.419. The van der Waals surface area contributed by atoms with Crippen LogP contribution in [0.2, 0.25) is 0 Å². The summed E-state index contributed by atoms with van der Waals surface area (Å²) in [5, 5.41) is 5.76. The first-order valence-electron chi connectivity index (χ1n) is 12.9. The average Bonchev–Trinajstić information content (AvgIpc) is 3.49. The molecule has 178 valence electrons. The van der Waals surface area contributed by atoms with E-state index in [2.05, 4.69) is 71.2 Å². The van der Waals surface area contributed by atoms with Crippen LogP contribution in [0, 0.1) is 6.92 Å². The first kappa shape index (κ1) is 21.8. The number of aryl methyl sites for hydroxylation is 1. The predicted octanol–water partition coefficient (Wildman–Crippen LogP) is 5.67. The number of hydrogen-bond acceptors (Lipinski definition) is 4. The van der Waals surface area contributed by atoms with Crippen molar-refractivity contribution < 1.29 is 4.74 Å². The predicted molar refractivity (Wildman–Crippen MR) is 136 cm³/mol. The molecular formula is C28H35N5O. The second kappa shape index (κ2) is 8.82. The third-order valence-electron chi connectivity index (χ3n) is 8.02. The smallest absolute Gasteiger partial charge is 0.158 e. The number of pyridine rings is 1. The molecule has 1 saturated heterocycles. The molecule has 3 aromatic heterocycles. The first-order chi connectivity index (χ1) is 16.6. The number of nitrogens with zero attached hydrogens (tertiary/aromatic N) is 4. The molecule has 0 unspecified atom stereocenters. The zero-order valence-corrected chi connectivity index (χ0v) is 20.6. The number of aromatic amines is 1. The summed E-state index contributed by atoms with van der Waals surface area (Å²) in [5.74, 6) is 1.08. The van der Waals surface area contributed by atoms with Crippen molar-refractivity contribution in [2.45, 2.75) is 64.3 Å². The summed E-state index contributed by atoms with van der Waals surface area (Å²) in [4.78, 5) is 10.8. The van der Waals surface area contributed by atoms with Gasteiger partial charge in [-0.1, -0.05) is 19.9 Å². The van der Waals surface area contributed by atoms with E-state index in [4.69, 9.17) is 4.74 Å². The van der Waals surface area contributed by atoms with E-state index < -0.39 is 0 Å². The Labute approximate surface area is 201 Å². The number of ether oxygens (including phenoxy) is 1. The highest BCUT2D eigenvalue weighted by atomic mass is 16.5. The van der Waals surface area contributed by atoms with Crippen LogP contribution in [-0.2, 0) is 4.74 Å². The number of benzene rings is 1. The van der Waals surface area contributed by atoms with Crippen molar-refractivity contribution in [3.05, 3.63) is 53.5 Å². The largest absolute Gasteiger partial charge is 0.379 e. The van der Waals surface area contributed by atoms with Crippen molar-refractivity contribution in [2.75, 3.05) is 26.3 Å². The molecule has 6 nitrogen and oxygen atoms in total. The Bertz CT molecular complexity index is 1310. The summed E-state index contributed by atoms with van der Waals surface area (Å²) in [7, 11) is 0. The second-order valence-electron chi connectivity index (χ2n) is 10.5. The van der Waals surface area contributed by atoms with Gasteiger partial charge in [0.2, 0.25) is 0 Å². The van der Waals surface area contributed by atoms with Crippen LogP contribution in [-0.4, -0.2) is 56.8 Å². The van der Waals surface area contributed by atoms with E-state index in [1.807, 2.05) is 4.52 Å². The van der Waals surface area contributed by atoms with Gasteiger partial charge in [-0.15, -0.1) is 0 Å². The molecule has 6 heteroatoms. The van der Waals surface area contributed by atoms with Gasteiger partial charge in [-0.05, 0) is 79.3 Å². The zero-order valence-electron chi connectivity index (χ0n) is 20.6. The number of hydrogen-bond donors (Lipinski definition) is 1. The Balaban J connectivity index is 1.32. The van der Waals surface area contributed by atoms with Gasteiger partial charge in [-0.25, -0.2) is 9.50 Å². The third-order valence-corrected chi connectivity index (χ3v) is 8.02. The van der Waals surface area contributed by atoms with E-state index in [-0.39, 0.29) is 0 Å². The van der Waals surface area contributed by atoms with Gasteiger partial charge in [-0.2, -0.15) is 5.10 Å². The molecule has 0 radical (unpaired) electrons. The molecule has 1 saturated carbocycles. The maximum atomic E-state index is 5.56. The van der Waals surface area contributed by atoms with Crippen molar-refractivity contribution in [3.8, 4) is 11.3 Å². The fourth-order valence-electron chi connectivity index (χ4n) is 6.26. The SMILES string of the molecule is Cc1cc(-c2[nH]c3ccc(C4CCC(N5CCOCC5)CC4)cc3c2C(C)C)cn2ncnc12. The van der Waals surface area contributed by atoms with Crippen LogP contribution in [0.3, 0.4) is 0 Å². The summed E-state index contributed by atoms with van der Waals surface area (Å²) in [6.07, 6.45) is 8.89. The van der Waals surface area contributed by atoms with Crippen molar-refractivity contribution in [1.82, 2.24) is 24.5 Å². The molecule has 34 heavy (non-hydrogen) atoms. The molecule has 4 heterocycles. The van der Waals surface area contributed by atoms with Crippen molar-refractivity contribution >= 4 is 16.6 Å². The summed E-state index contributed by atoms with van der Waals surface area (Å²) in [5.41, 5.74) is 8.56. The quantitative estimate of drug-likeness (QED) is 0.429. The molecule has 1 aliphatic heterocycles. The van der Waals surface area contributed by atoms with Crippen LogP contribution in [0.25, 0.3) is 27.8 Å². The van der Waals surface area contributed by atoms with E-state index >= 15 is 0 Å². The van der Waals surface area contributed by atoms with E-state index in [1.54, 1.807) is 6.33 Å². The highest BCUT2D eigenvalue weighted by Crippen LogP contribution is 2.40. The van der Waals surface area contributed by atoms with Crippen LogP contribution in [0.4, 0.5) is 0 Å². The highest BCUT2D eigenvalue weighted by molar-refractivity contribution is 5.92. The molecule has 2 aliphatic rings. The Hall–Kier alpha value is -2.70. The Morgan fingerprint density at radius 3 is 2.62 bits per heavy atom. The fraction of sp³-hybridized carbons (Fsp3) is 0.500. The monoisotopic (exact) mass is 457 g/mol. The lowest BCUT2D eigenvalue weighted by Crippen LogP contribution is -2.44. The van der Waals surface area contributed by atoms with Crippen LogP contribution in [0.5, 0.6) is 0 Å². The maximum absolute atomic E-state index is 5.56. The molecule has 0 atom stereocenters. The molecular weight excluding hydrogens is 422 g/mol. The maximum Gasteiger partial charge on any atom is 0.158 e. The van der Waals surface area contributed by atoms with E-state index in [0.29, 0.717) is 11.8 Å². The van der Waals surface area contributed by atoms with E-state index in [9.17, 15) is 0 Å². The lowest BCUT2D eigenvalue weighted by molar-refractivity contribution is 0.00730. The second-order valence-corrected chi connectivity index (χ2v) is 10.5. The van der Waals surface area contributed by atoms with Gasteiger partial charge in [0.25, 0.3) is 0 Å². The number of nitrogens with one attached hydrogen (secondary N) is 1. The number of fused-ring (bicyclic) bond motifs is 2. The van der Waals surface area contributed by atoms with Crippen molar-refractivity contribution in [2.24, 2.45) is 0 Å². The lowest BCUT2D eigenvalue weighted by atomic mass is 9.80. The van der Waals surface area contributed by atoms with Gasteiger partial charge >= 0.3 is 0 Å². The van der Waals surface area contributed by atoms with Crippen LogP contribution >= 0.6 is 0 Å². The molecule has 6 rings (SSSR count). The normalized spacial score (nSPS) is 22.2. The molecule has 1 N–H and O–H groups in total. The molecule has 1 aromatic carbocycles. The molecule has 0 amide bonds. The lowest BCUT2D eigenvalue weighted by Gasteiger charge is -2.38. The highest BCUT2D eigenvalue weighted by Gasteiger charge is 2.28. The van der Waals surface area contributed by atoms with Gasteiger partial charge in [0.15, 0.2) is 5.65 Å². The van der Waals surface area contributed by atoms with Crippen LogP contribution in [0.1, 0.15) is 68.1 Å². The van der Waals surface area contributed by atoms with Crippen LogP contribution in [0.15, 0.2) is 36.8 Å². The van der Waals surface area contributed by atoms with E-state index in [0.717, 1.165) is 43.6 Å². The van der Waals surface area contributed by atoms with Gasteiger partial charge in [0, 0.05) is 41.8 Å². The first-order valence-corrected chi connectivity index (χ1v) is 12.9. The van der Waals surface area contributed by atoms with Gasteiger partial charge < -0.3 is 9.72 Å². The minimum Gasteiger partial charge on any atom is -0.379 e. The Kier molecular flexibility index (Phi) is 5.66. The Morgan fingerprint density at radius 2 is 1.85 bits per heavy atom. The number of morpholine rings is 1. The zero-order chi connectivity index (χ0) is 23.2. The van der Waals surface area contributed by atoms with Crippen molar-refractivity contribution in [1.29, 1.82) is 0 Å². The third kappa shape index (κ3) is 3.83. The molecule has 0 bridgehead atoms. The summed E-state index contributed by atoms with van der Waals surface area (Å²) in [6, 6.07) is 10.1. The summed E-state index contributed by atoms with van der Waals surface area (Å²) >= 11 is 0. The van der Waals surface area contributed by atoms with E-state index in [1.165, 1.54) is 59.0 Å². The average molecular weight is 458 g/mol. The van der Waals surface area contributed by atoms with Gasteiger partial charge in [0.05, 0.1) is 18.9 Å². The fourth-order valence-corrected chi connectivity index (χ4v) is 6.26. The summed E-state index contributed by atoms with van der Waals surface area (Å²) < 4.78 is 7.44. The topological polar surface area (TPSA) is 58.5 Å². The number of aromatic nitrogens is 4. The standard InChI is InChI=1S/C28H35N5O/c1-18(2)26-24-15-21(20-4-7-23(8-5-20)32-10-12-34-13-11-32)6-9-25(24)31-27(26)22-14-19(3)28-29-17-30-33(28)16-22/h6,9,14-18,20,23,31H,4-5,7-8,10-13H2,1-3H3. The van der Waals surface area contributed by atoms with Crippen molar-refractivity contribution in [3.63, 3.8) is 0 Å². The molecule has 1 aliphatic carbocycles. The molecule has 2 fully saturated rings. The summed E-state index contributed by atoms with van der Waals surface area (Å²) in [6.45, 7) is 10.7. The minimum atomic E-state index is 0.419. The van der Waals surface area contributed by atoms with Gasteiger partial charge in [-0.3, -0.25) is 4.90 Å². The number of H-pyrrole nitrogens is 1. The molecule has 4 aromatic rings. The van der Waals surface area contributed by atoms with Gasteiger partial charge in [0.1, 0.15) is 6.33 Å². The van der Waals surface area contributed by atoms with Crippen LogP contribution < -0.4 is 0 Å². The Morgan fingerprint density at radius 1 is 1.06 bits per heavy atom. The molecule has 0 spiro atoms.